The number of rotatable bonds is 6. The van der Waals surface area contributed by atoms with Gasteiger partial charge in [-0.2, -0.15) is 5.10 Å². The molecule has 0 spiro atoms. The molecule has 0 amide bonds. The van der Waals surface area contributed by atoms with Crippen molar-refractivity contribution in [2.45, 2.75) is 47.6 Å². The van der Waals surface area contributed by atoms with Crippen LogP contribution in [0.3, 0.4) is 0 Å². The summed E-state index contributed by atoms with van der Waals surface area (Å²) in [6.07, 6.45) is 0. The van der Waals surface area contributed by atoms with E-state index in [0.29, 0.717) is 17.9 Å². The van der Waals surface area contributed by atoms with Gasteiger partial charge in [0.25, 0.3) is 0 Å². The maximum Gasteiger partial charge on any atom is 0.0596 e. The maximum absolute atomic E-state index is 4.56. The first-order chi connectivity index (χ1) is 7.91. The van der Waals surface area contributed by atoms with Gasteiger partial charge < -0.3 is 5.32 Å². The van der Waals surface area contributed by atoms with Crippen LogP contribution in [0.2, 0.25) is 0 Å². The zero-order chi connectivity index (χ0) is 13.0. The smallest absolute Gasteiger partial charge is 0.0596 e. The molecule has 1 N–H and O–H groups in total. The van der Waals surface area contributed by atoms with Crippen molar-refractivity contribution in [1.82, 2.24) is 15.1 Å². The number of hydrogen-bond donors (Lipinski definition) is 1. The Hall–Kier alpha value is -0.830. The van der Waals surface area contributed by atoms with Gasteiger partial charge in [-0.05, 0) is 51.8 Å². The summed E-state index contributed by atoms with van der Waals surface area (Å²) in [4.78, 5) is 0. The minimum absolute atomic E-state index is 0.448. The Bertz CT molecular complexity index is 341. The zero-order valence-corrected chi connectivity index (χ0v) is 12.1. The Morgan fingerprint density at radius 1 is 1.18 bits per heavy atom. The molecular weight excluding hydrogens is 210 g/mol. The van der Waals surface area contributed by atoms with E-state index in [2.05, 4.69) is 62.7 Å². The molecule has 0 saturated carbocycles. The van der Waals surface area contributed by atoms with E-state index in [0.717, 1.165) is 18.8 Å². The van der Waals surface area contributed by atoms with Gasteiger partial charge in [0.2, 0.25) is 0 Å². The molecule has 1 aromatic rings. The summed E-state index contributed by atoms with van der Waals surface area (Å²) in [6.45, 7) is 15.3. The predicted octanol–water partition coefficient (Wildman–Crippen LogP) is 2.94. The van der Waals surface area contributed by atoms with Crippen molar-refractivity contribution in [3.05, 3.63) is 17.5 Å². The largest absolute Gasteiger partial charge is 0.316 e. The summed E-state index contributed by atoms with van der Waals surface area (Å²) < 4.78 is 2.15. The highest BCUT2D eigenvalue weighted by molar-refractivity contribution is 5.07. The van der Waals surface area contributed by atoms with E-state index < -0.39 is 0 Å². The first kappa shape index (κ1) is 14.2. The van der Waals surface area contributed by atoms with Crippen LogP contribution in [0, 0.1) is 25.7 Å². The third kappa shape index (κ3) is 4.15. The van der Waals surface area contributed by atoms with Crippen LogP contribution in [0.25, 0.3) is 0 Å². The fraction of sp³-hybridized carbons (Fsp3) is 0.786. The molecule has 0 aliphatic heterocycles. The lowest BCUT2D eigenvalue weighted by Crippen LogP contribution is -2.30. The van der Waals surface area contributed by atoms with Crippen molar-refractivity contribution in [3.8, 4) is 0 Å². The van der Waals surface area contributed by atoms with E-state index >= 15 is 0 Å². The Balaban J connectivity index is 2.51. The van der Waals surface area contributed by atoms with Crippen molar-refractivity contribution in [1.29, 1.82) is 0 Å². The second kappa shape index (κ2) is 6.20. The molecule has 1 rings (SSSR count). The number of aromatic nitrogens is 2. The molecule has 3 nitrogen and oxygen atoms in total. The Morgan fingerprint density at radius 2 is 1.82 bits per heavy atom. The molecule has 0 aliphatic carbocycles. The van der Waals surface area contributed by atoms with Crippen molar-refractivity contribution in [2.24, 2.45) is 11.8 Å². The van der Waals surface area contributed by atoms with Gasteiger partial charge in [0.1, 0.15) is 0 Å². The lowest BCUT2D eigenvalue weighted by atomic mass is 10.0. The van der Waals surface area contributed by atoms with Gasteiger partial charge in [0.05, 0.1) is 11.7 Å². The molecule has 0 aromatic carbocycles. The quantitative estimate of drug-likeness (QED) is 0.824. The molecule has 0 fully saturated rings. The van der Waals surface area contributed by atoms with Crippen molar-refractivity contribution >= 4 is 0 Å². The first-order valence-electron chi connectivity index (χ1n) is 6.65. The second-order valence-electron chi connectivity index (χ2n) is 5.64. The van der Waals surface area contributed by atoms with Gasteiger partial charge in [-0.1, -0.05) is 20.8 Å². The van der Waals surface area contributed by atoms with Gasteiger partial charge in [-0.25, -0.2) is 0 Å². The minimum Gasteiger partial charge on any atom is -0.316 e. The van der Waals surface area contributed by atoms with E-state index in [9.17, 15) is 0 Å². The van der Waals surface area contributed by atoms with Crippen molar-refractivity contribution in [3.63, 3.8) is 0 Å². The highest BCUT2D eigenvalue weighted by atomic mass is 15.3. The van der Waals surface area contributed by atoms with E-state index in [4.69, 9.17) is 0 Å². The number of nitrogens with zero attached hydrogens (tertiary/aromatic N) is 2. The SMILES string of the molecule is Cc1cc(C)n(C(C)C(C)CNCC(C)C)n1. The average Bonchev–Trinajstić information content (AvgIpc) is 2.56. The molecule has 17 heavy (non-hydrogen) atoms. The highest BCUT2D eigenvalue weighted by Crippen LogP contribution is 2.18. The average molecular weight is 237 g/mol. The van der Waals surface area contributed by atoms with Crippen LogP contribution >= 0.6 is 0 Å². The maximum atomic E-state index is 4.56. The minimum atomic E-state index is 0.448. The first-order valence-corrected chi connectivity index (χ1v) is 6.65. The number of hydrogen-bond acceptors (Lipinski definition) is 2. The number of aryl methyl sites for hydroxylation is 2. The molecule has 0 radical (unpaired) electrons. The molecule has 98 valence electrons. The van der Waals surface area contributed by atoms with Gasteiger partial charge >= 0.3 is 0 Å². The molecule has 1 aromatic heterocycles. The van der Waals surface area contributed by atoms with Crippen LogP contribution in [-0.2, 0) is 0 Å². The topological polar surface area (TPSA) is 29.9 Å². The van der Waals surface area contributed by atoms with E-state index in [1.54, 1.807) is 0 Å². The lowest BCUT2D eigenvalue weighted by Gasteiger charge is -2.22. The standard InChI is InChI=1S/C14H27N3/c1-10(2)8-15-9-11(3)14(6)17-13(5)7-12(4)16-17/h7,10-11,14-15H,8-9H2,1-6H3. The summed E-state index contributed by atoms with van der Waals surface area (Å²) in [5.41, 5.74) is 2.36. The van der Waals surface area contributed by atoms with Crippen LogP contribution in [0.1, 0.15) is 45.1 Å². The van der Waals surface area contributed by atoms with Gasteiger partial charge in [-0.3, -0.25) is 4.68 Å². The monoisotopic (exact) mass is 237 g/mol. The number of nitrogens with one attached hydrogen (secondary N) is 1. The molecular formula is C14H27N3. The van der Waals surface area contributed by atoms with Crippen LogP contribution in [0.4, 0.5) is 0 Å². The fourth-order valence-electron chi connectivity index (χ4n) is 2.07. The summed E-state index contributed by atoms with van der Waals surface area (Å²) in [5, 5.41) is 8.08. The van der Waals surface area contributed by atoms with E-state index in [1.807, 2.05) is 0 Å². The van der Waals surface area contributed by atoms with Gasteiger partial charge in [0.15, 0.2) is 0 Å². The predicted molar refractivity (Wildman–Crippen MR) is 73.3 cm³/mol. The summed E-state index contributed by atoms with van der Waals surface area (Å²) in [6, 6.07) is 2.59. The Labute approximate surface area is 106 Å². The molecule has 3 heteroatoms. The molecule has 0 saturated heterocycles. The normalized spacial score (nSPS) is 15.2. The van der Waals surface area contributed by atoms with E-state index in [1.165, 1.54) is 5.69 Å². The van der Waals surface area contributed by atoms with Crippen molar-refractivity contribution < 1.29 is 0 Å². The Kier molecular flexibility index (Phi) is 5.19. The van der Waals surface area contributed by atoms with E-state index in [-0.39, 0.29) is 0 Å². The zero-order valence-electron chi connectivity index (χ0n) is 12.1. The van der Waals surface area contributed by atoms with Gasteiger partial charge in [-0.15, -0.1) is 0 Å². The third-order valence-corrected chi connectivity index (χ3v) is 3.27. The fourth-order valence-corrected chi connectivity index (χ4v) is 2.07. The molecule has 0 aliphatic rings. The Morgan fingerprint density at radius 3 is 2.29 bits per heavy atom. The summed E-state index contributed by atoms with van der Waals surface area (Å²) >= 11 is 0. The highest BCUT2D eigenvalue weighted by Gasteiger charge is 2.16. The van der Waals surface area contributed by atoms with Crippen LogP contribution in [0.5, 0.6) is 0 Å². The van der Waals surface area contributed by atoms with Gasteiger partial charge in [0, 0.05) is 5.69 Å². The molecule has 0 bridgehead atoms. The third-order valence-electron chi connectivity index (χ3n) is 3.27. The molecule has 1 heterocycles. The van der Waals surface area contributed by atoms with Crippen molar-refractivity contribution in [2.75, 3.05) is 13.1 Å². The van der Waals surface area contributed by atoms with Crippen LogP contribution < -0.4 is 5.32 Å². The lowest BCUT2D eigenvalue weighted by molar-refractivity contribution is 0.327. The van der Waals surface area contributed by atoms with Crippen LogP contribution in [-0.4, -0.2) is 22.9 Å². The summed E-state index contributed by atoms with van der Waals surface area (Å²) in [7, 11) is 0. The summed E-state index contributed by atoms with van der Waals surface area (Å²) in [5.74, 6) is 1.30. The molecule has 2 atom stereocenters. The van der Waals surface area contributed by atoms with Crippen LogP contribution in [0.15, 0.2) is 6.07 Å². The molecule has 2 unspecified atom stereocenters. The second-order valence-corrected chi connectivity index (χ2v) is 5.64.